The predicted octanol–water partition coefficient (Wildman–Crippen LogP) is 0.936. The molecule has 2 N–H and O–H groups in total. The maximum Gasteiger partial charge on any atom is 0.0813 e. The molecule has 4 heteroatoms. The summed E-state index contributed by atoms with van der Waals surface area (Å²) in [6, 6.07) is 0. The Morgan fingerprint density at radius 3 is 2.44 bits per heavy atom. The highest BCUT2D eigenvalue weighted by Gasteiger charge is 2.24. The zero-order chi connectivity index (χ0) is 11.2. The van der Waals surface area contributed by atoms with E-state index in [1.807, 2.05) is 0 Å². The van der Waals surface area contributed by atoms with E-state index in [-0.39, 0.29) is 12.2 Å². The van der Waals surface area contributed by atoms with E-state index in [0.29, 0.717) is 12.5 Å². The van der Waals surface area contributed by atoms with Crippen molar-refractivity contribution in [2.24, 2.45) is 11.7 Å². The molecule has 2 aliphatic rings. The summed E-state index contributed by atoms with van der Waals surface area (Å²) >= 11 is 0. The number of nitrogens with two attached hydrogens (primary N) is 1. The molecule has 0 aliphatic carbocycles. The predicted molar refractivity (Wildman–Crippen MR) is 61.3 cm³/mol. The van der Waals surface area contributed by atoms with Gasteiger partial charge in [0.25, 0.3) is 0 Å². The molecule has 2 atom stereocenters. The number of rotatable bonds is 5. The van der Waals surface area contributed by atoms with Gasteiger partial charge in [-0.15, -0.1) is 0 Å². The van der Waals surface area contributed by atoms with E-state index in [4.69, 9.17) is 19.9 Å². The minimum absolute atomic E-state index is 0.261. The zero-order valence-electron chi connectivity index (χ0n) is 9.90. The average molecular weight is 229 g/mol. The third kappa shape index (κ3) is 3.70. The Morgan fingerprint density at radius 1 is 1.00 bits per heavy atom. The first kappa shape index (κ1) is 12.3. The van der Waals surface area contributed by atoms with Crippen molar-refractivity contribution in [2.75, 3.05) is 33.0 Å². The maximum atomic E-state index is 5.73. The summed E-state index contributed by atoms with van der Waals surface area (Å²) in [5.41, 5.74) is 5.56. The van der Waals surface area contributed by atoms with Gasteiger partial charge in [0, 0.05) is 26.4 Å². The van der Waals surface area contributed by atoms with Crippen LogP contribution in [0.5, 0.6) is 0 Å². The van der Waals surface area contributed by atoms with Crippen LogP contribution < -0.4 is 5.73 Å². The van der Waals surface area contributed by atoms with Crippen LogP contribution in [0, 0.1) is 5.92 Å². The lowest BCUT2D eigenvalue weighted by molar-refractivity contribution is -0.0332. The summed E-state index contributed by atoms with van der Waals surface area (Å²) in [5, 5.41) is 0. The molecular formula is C12H23NO3. The fourth-order valence-electron chi connectivity index (χ4n) is 2.36. The molecule has 0 spiro atoms. The van der Waals surface area contributed by atoms with Crippen LogP contribution in [0.25, 0.3) is 0 Å². The van der Waals surface area contributed by atoms with Gasteiger partial charge in [0.2, 0.25) is 0 Å². The second-order valence-electron chi connectivity index (χ2n) is 4.79. The monoisotopic (exact) mass is 229 g/mol. The fourth-order valence-corrected chi connectivity index (χ4v) is 2.36. The molecule has 94 valence electrons. The molecule has 0 aromatic carbocycles. The minimum Gasteiger partial charge on any atom is -0.381 e. The van der Waals surface area contributed by atoms with Gasteiger partial charge in [-0.2, -0.15) is 0 Å². The van der Waals surface area contributed by atoms with Crippen LogP contribution in [0.15, 0.2) is 0 Å². The molecule has 0 amide bonds. The van der Waals surface area contributed by atoms with Crippen molar-refractivity contribution in [2.45, 2.75) is 37.9 Å². The lowest BCUT2D eigenvalue weighted by Crippen LogP contribution is -2.25. The summed E-state index contributed by atoms with van der Waals surface area (Å²) in [6.45, 7) is 4.01. The second-order valence-corrected chi connectivity index (χ2v) is 4.79. The molecule has 0 bridgehead atoms. The fraction of sp³-hybridized carbons (Fsp3) is 1.00. The SMILES string of the molecule is NCC1CCC(COCC2CCOCC2)O1. The topological polar surface area (TPSA) is 53.7 Å². The highest BCUT2D eigenvalue weighted by molar-refractivity contribution is 4.74. The first-order valence-corrected chi connectivity index (χ1v) is 6.39. The van der Waals surface area contributed by atoms with Crippen molar-refractivity contribution in [3.8, 4) is 0 Å². The van der Waals surface area contributed by atoms with Crippen molar-refractivity contribution >= 4 is 0 Å². The Balaban J connectivity index is 1.54. The smallest absolute Gasteiger partial charge is 0.0813 e. The Hall–Kier alpha value is -0.160. The van der Waals surface area contributed by atoms with E-state index >= 15 is 0 Å². The maximum absolute atomic E-state index is 5.73. The molecule has 0 aromatic heterocycles. The zero-order valence-corrected chi connectivity index (χ0v) is 9.90. The minimum atomic E-state index is 0.261. The first-order valence-electron chi connectivity index (χ1n) is 6.39. The number of hydrogen-bond donors (Lipinski definition) is 1. The summed E-state index contributed by atoms with van der Waals surface area (Å²) in [7, 11) is 0. The second kappa shape index (κ2) is 6.55. The normalized spacial score (nSPS) is 32.1. The average Bonchev–Trinajstić information content (AvgIpc) is 2.78. The molecule has 0 saturated carbocycles. The van der Waals surface area contributed by atoms with Crippen LogP contribution in [-0.2, 0) is 14.2 Å². The van der Waals surface area contributed by atoms with E-state index in [1.54, 1.807) is 0 Å². The van der Waals surface area contributed by atoms with Crippen LogP contribution in [0.1, 0.15) is 25.7 Å². The van der Waals surface area contributed by atoms with Crippen LogP contribution in [0.4, 0.5) is 0 Å². The van der Waals surface area contributed by atoms with Gasteiger partial charge in [-0.25, -0.2) is 0 Å². The molecule has 2 unspecified atom stereocenters. The molecule has 4 nitrogen and oxygen atoms in total. The Bertz CT molecular complexity index is 195. The van der Waals surface area contributed by atoms with Gasteiger partial charge in [-0.3, -0.25) is 0 Å². The van der Waals surface area contributed by atoms with Crippen molar-refractivity contribution < 1.29 is 14.2 Å². The van der Waals surface area contributed by atoms with E-state index in [1.165, 1.54) is 0 Å². The third-order valence-corrected chi connectivity index (χ3v) is 3.46. The van der Waals surface area contributed by atoms with Crippen molar-refractivity contribution in [1.82, 2.24) is 0 Å². The van der Waals surface area contributed by atoms with Gasteiger partial charge in [-0.05, 0) is 31.6 Å². The van der Waals surface area contributed by atoms with E-state index in [2.05, 4.69) is 0 Å². The van der Waals surface area contributed by atoms with E-state index in [9.17, 15) is 0 Å². The highest BCUT2D eigenvalue weighted by atomic mass is 16.5. The van der Waals surface area contributed by atoms with Crippen LogP contribution in [-0.4, -0.2) is 45.2 Å². The van der Waals surface area contributed by atoms with E-state index in [0.717, 1.165) is 52.1 Å². The quantitative estimate of drug-likeness (QED) is 0.762. The number of ether oxygens (including phenoxy) is 3. The molecule has 0 aromatic rings. The summed E-state index contributed by atoms with van der Waals surface area (Å²) in [6.07, 6.45) is 4.98. The Morgan fingerprint density at radius 2 is 1.75 bits per heavy atom. The standard InChI is InChI=1S/C12H23NO3/c13-7-11-1-2-12(16-11)9-15-8-10-3-5-14-6-4-10/h10-12H,1-9,13H2. The van der Waals surface area contributed by atoms with Crippen LogP contribution in [0.2, 0.25) is 0 Å². The van der Waals surface area contributed by atoms with Gasteiger partial charge < -0.3 is 19.9 Å². The lowest BCUT2D eigenvalue weighted by Gasteiger charge is -2.22. The van der Waals surface area contributed by atoms with Crippen molar-refractivity contribution in [3.05, 3.63) is 0 Å². The summed E-state index contributed by atoms with van der Waals surface area (Å²) < 4.78 is 16.8. The molecule has 16 heavy (non-hydrogen) atoms. The third-order valence-electron chi connectivity index (χ3n) is 3.46. The van der Waals surface area contributed by atoms with Gasteiger partial charge in [0.05, 0.1) is 18.8 Å². The largest absolute Gasteiger partial charge is 0.381 e. The number of hydrogen-bond acceptors (Lipinski definition) is 4. The molecule has 2 saturated heterocycles. The van der Waals surface area contributed by atoms with Crippen LogP contribution >= 0.6 is 0 Å². The van der Waals surface area contributed by atoms with Crippen molar-refractivity contribution in [3.63, 3.8) is 0 Å². The lowest BCUT2D eigenvalue weighted by atomic mass is 10.0. The Kier molecular flexibility index (Phi) is 5.03. The molecular weight excluding hydrogens is 206 g/mol. The van der Waals surface area contributed by atoms with Crippen LogP contribution in [0.3, 0.4) is 0 Å². The molecule has 2 rings (SSSR count). The Labute approximate surface area is 97.4 Å². The molecule has 2 aliphatic heterocycles. The van der Waals surface area contributed by atoms with E-state index < -0.39 is 0 Å². The van der Waals surface area contributed by atoms with Crippen molar-refractivity contribution in [1.29, 1.82) is 0 Å². The molecule has 0 radical (unpaired) electrons. The van der Waals surface area contributed by atoms with Gasteiger partial charge in [0.15, 0.2) is 0 Å². The first-order chi connectivity index (χ1) is 7.88. The highest BCUT2D eigenvalue weighted by Crippen LogP contribution is 2.20. The summed E-state index contributed by atoms with van der Waals surface area (Å²) in [4.78, 5) is 0. The molecule has 2 fully saturated rings. The van der Waals surface area contributed by atoms with Gasteiger partial charge >= 0.3 is 0 Å². The van der Waals surface area contributed by atoms with Gasteiger partial charge in [0.1, 0.15) is 0 Å². The summed E-state index contributed by atoms with van der Waals surface area (Å²) in [5.74, 6) is 0.681. The van der Waals surface area contributed by atoms with Gasteiger partial charge in [-0.1, -0.05) is 0 Å². The molecule has 2 heterocycles.